The average molecular weight is 227 g/mol. The van der Waals surface area contributed by atoms with Gasteiger partial charge in [0.1, 0.15) is 5.82 Å². The van der Waals surface area contributed by atoms with Crippen molar-refractivity contribution in [1.29, 1.82) is 0 Å². The van der Waals surface area contributed by atoms with Crippen LogP contribution in [0.1, 0.15) is 17.0 Å². The molecule has 17 heavy (non-hydrogen) atoms. The fraction of sp³-hybridized carbons (Fsp3) is 0.286. The lowest BCUT2D eigenvalue weighted by Gasteiger charge is -2.06. The van der Waals surface area contributed by atoms with Gasteiger partial charge in [0.25, 0.3) is 0 Å². The van der Waals surface area contributed by atoms with Crippen LogP contribution in [0.5, 0.6) is 0 Å². The van der Waals surface area contributed by atoms with Gasteiger partial charge in [0.2, 0.25) is 0 Å². The molecule has 0 unspecified atom stereocenters. The van der Waals surface area contributed by atoms with E-state index in [1.54, 1.807) is 6.20 Å². The van der Waals surface area contributed by atoms with Gasteiger partial charge >= 0.3 is 0 Å². The van der Waals surface area contributed by atoms with Crippen LogP contribution in [0.15, 0.2) is 30.5 Å². The number of nitrogens with zero attached hydrogens (tertiary/aromatic N) is 2. The van der Waals surface area contributed by atoms with E-state index in [1.165, 1.54) is 11.1 Å². The van der Waals surface area contributed by atoms with Gasteiger partial charge in [-0.05, 0) is 43.7 Å². The van der Waals surface area contributed by atoms with E-state index in [0.717, 1.165) is 23.5 Å². The molecule has 2 N–H and O–H groups in total. The van der Waals surface area contributed by atoms with Crippen molar-refractivity contribution >= 4 is 0 Å². The predicted molar refractivity (Wildman–Crippen MR) is 69.7 cm³/mol. The highest BCUT2D eigenvalue weighted by molar-refractivity contribution is 5.60. The number of nitrogens with two attached hydrogens (primary N) is 1. The Kier molecular flexibility index (Phi) is 3.49. The monoisotopic (exact) mass is 227 g/mol. The first kappa shape index (κ1) is 11.7. The maximum absolute atomic E-state index is 5.51. The summed E-state index contributed by atoms with van der Waals surface area (Å²) >= 11 is 0. The second-order valence-electron chi connectivity index (χ2n) is 4.20. The molecule has 0 fully saturated rings. The van der Waals surface area contributed by atoms with E-state index in [-0.39, 0.29) is 0 Å². The van der Waals surface area contributed by atoms with E-state index >= 15 is 0 Å². The number of rotatable bonds is 3. The van der Waals surface area contributed by atoms with Gasteiger partial charge in [0.05, 0.1) is 5.69 Å². The first-order valence-corrected chi connectivity index (χ1v) is 5.80. The molecule has 3 nitrogen and oxygen atoms in total. The standard InChI is InChI=1S/C14H17N3/c1-10-3-4-12(9-11(10)2)13-6-8-16-14(17-13)5-7-15/h3-4,6,8-9H,5,7,15H2,1-2H3. The highest BCUT2D eigenvalue weighted by atomic mass is 14.9. The van der Waals surface area contributed by atoms with Gasteiger partial charge in [-0.25, -0.2) is 9.97 Å². The molecule has 0 amide bonds. The normalized spacial score (nSPS) is 10.5. The van der Waals surface area contributed by atoms with Gasteiger partial charge in [0.15, 0.2) is 0 Å². The van der Waals surface area contributed by atoms with Gasteiger partial charge in [-0.2, -0.15) is 0 Å². The molecular formula is C14H17N3. The van der Waals surface area contributed by atoms with E-state index in [1.807, 2.05) is 6.07 Å². The third-order valence-electron chi connectivity index (χ3n) is 2.88. The van der Waals surface area contributed by atoms with E-state index in [2.05, 4.69) is 42.0 Å². The zero-order chi connectivity index (χ0) is 12.3. The molecule has 0 saturated carbocycles. The van der Waals surface area contributed by atoms with Crippen molar-refractivity contribution in [3.8, 4) is 11.3 Å². The molecular weight excluding hydrogens is 210 g/mol. The summed E-state index contributed by atoms with van der Waals surface area (Å²) < 4.78 is 0. The van der Waals surface area contributed by atoms with E-state index in [0.29, 0.717) is 6.54 Å². The average Bonchev–Trinajstić information content (AvgIpc) is 2.33. The second kappa shape index (κ2) is 5.06. The van der Waals surface area contributed by atoms with Crippen molar-refractivity contribution in [2.24, 2.45) is 5.73 Å². The van der Waals surface area contributed by atoms with Crippen molar-refractivity contribution < 1.29 is 0 Å². The Hall–Kier alpha value is -1.74. The molecule has 0 aliphatic heterocycles. The number of benzene rings is 1. The number of aryl methyl sites for hydroxylation is 2. The van der Waals surface area contributed by atoms with Crippen LogP contribution >= 0.6 is 0 Å². The van der Waals surface area contributed by atoms with Gasteiger partial charge in [-0.1, -0.05) is 12.1 Å². The molecule has 3 heteroatoms. The Morgan fingerprint density at radius 3 is 2.65 bits per heavy atom. The minimum absolute atomic E-state index is 0.580. The molecule has 1 heterocycles. The lowest BCUT2D eigenvalue weighted by molar-refractivity contribution is 0.869. The van der Waals surface area contributed by atoms with Crippen LogP contribution < -0.4 is 5.73 Å². The van der Waals surface area contributed by atoms with Crippen LogP contribution in [-0.2, 0) is 6.42 Å². The summed E-state index contributed by atoms with van der Waals surface area (Å²) in [5, 5.41) is 0. The van der Waals surface area contributed by atoms with Gasteiger partial charge < -0.3 is 5.73 Å². The molecule has 1 aromatic carbocycles. The third kappa shape index (κ3) is 2.68. The van der Waals surface area contributed by atoms with E-state index in [4.69, 9.17) is 5.73 Å². The highest BCUT2D eigenvalue weighted by Gasteiger charge is 2.03. The number of hydrogen-bond acceptors (Lipinski definition) is 3. The Morgan fingerprint density at radius 2 is 1.94 bits per heavy atom. The summed E-state index contributed by atoms with van der Waals surface area (Å²) in [4.78, 5) is 8.72. The van der Waals surface area contributed by atoms with Crippen molar-refractivity contribution in [3.05, 3.63) is 47.4 Å². The van der Waals surface area contributed by atoms with Crippen LogP contribution in [0.25, 0.3) is 11.3 Å². The van der Waals surface area contributed by atoms with Crippen molar-refractivity contribution in [2.45, 2.75) is 20.3 Å². The quantitative estimate of drug-likeness (QED) is 0.875. The Balaban J connectivity index is 2.38. The van der Waals surface area contributed by atoms with Crippen molar-refractivity contribution in [2.75, 3.05) is 6.54 Å². The van der Waals surface area contributed by atoms with Crippen LogP contribution in [0, 0.1) is 13.8 Å². The first-order valence-electron chi connectivity index (χ1n) is 5.80. The fourth-order valence-electron chi connectivity index (χ4n) is 1.71. The molecule has 0 radical (unpaired) electrons. The summed E-state index contributed by atoms with van der Waals surface area (Å²) in [6.07, 6.45) is 2.52. The zero-order valence-corrected chi connectivity index (χ0v) is 10.3. The van der Waals surface area contributed by atoms with Crippen molar-refractivity contribution in [1.82, 2.24) is 9.97 Å². The lowest BCUT2D eigenvalue weighted by atomic mass is 10.0. The highest BCUT2D eigenvalue weighted by Crippen LogP contribution is 2.19. The van der Waals surface area contributed by atoms with Crippen LogP contribution in [-0.4, -0.2) is 16.5 Å². The minimum atomic E-state index is 0.580. The van der Waals surface area contributed by atoms with Crippen LogP contribution in [0.3, 0.4) is 0 Å². The number of hydrogen-bond donors (Lipinski definition) is 1. The zero-order valence-electron chi connectivity index (χ0n) is 10.3. The summed E-state index contributed by atoms with van der Waals surface area (Å²) in [5.41, 5.74) is 10.2. The minimum Gasteiger partial charge on any atom is -0.330 e. The van der Waals surface area contributed by atoms with Gasteiger partial charge in [-0.3, -0.25) is 0 Å². The predicted octanol–water partition coefficient (Wildman–Crippen LogP) is 2.26. The molecule has 88 valence electrons. The first-order chi connectivity index (χ1) is 8.20. The second-order valence-corrected chi connectivity index (χ2v) is 4.20. The SMILES string of the molecule is Cc1ccc(-c2ccnc(CCN)n2)cc1C. The Labute approximate surface area is 102 Å². The molecule has 0 atom stereocenters. The topological polar surface area (TPSA) is 51.8 Å². The molecule has 2 rings (SSSR count). The lowest BCUT2D eigenvalue weighted by Crippen LogP contribution is -2.06. The molecule has 0 spiro atoms. The van der Waals surface area contributed by atoms with Gasteiger partial charge in [0, 0.05) is 18.2 Å². The number of aromatic nitrogens is 2. The molecule has 0 saturated heterocycles. The maximum atomic E-state index is 5.51. The van der Waals surface area contributed by atoms with E-state index in [9.17, 15) is 0 Å². The Morgan fingerprint density at radius 1 is 1.12 bits per heavy atom. The molecule has 0 aliphatic rings. The molecule has 0 aliphatic carbocycles. The molecule has 2 aromatic rings. The third-order valence-corrected chi connectivity index (χ3v) is 2.88. The summed E-state index contributed by atoms with van der Waals surface area (Å²) in [6, 6.07) is 8.31. The molecule has 1 aromatic heterocycles. The van der Waals surface area contributed by atoms with E-state index < -0.39 is 0 Å². The Bertz CT molecular complexity index is 521. The summed E-state index contributed by atoms with van der Waals surface area (Å²) in [6.45, 7) is 4.80. The van der Waals surface area contributed by atoms with Crippen molar-refractivity contribution in [3.63, 3.8) is 0 Å². The fourth-order valence-corrected chi connectivity index (χ4v) is 1.71. The largest absolute Gasteiger partial charge is 0.330 e. The molecule has 0 bridgehead atoms. The summed E-state index contributed by atoms with van der Waals surface area (Å²) in [7, 11) is 0. The van der Waals surface area contributed by atoms with Crippen LogP contribution in [0.4, 0.5) is 0 Å². The van der Waals surface area contributed by atoms with Gasteiger partial charge in [-0.15, -0.1) is 0 Å². The summed E-state index contributed by atoms with van der Waals surface area (Å²) in [5.74, 6) is 0.809. The smallest absolute Gasteiger partial charge is 0.130 e. The van der Waals surface area contributed by atoms with Crippen LogP contribution in [0.2, 0.25) is 0 Å². The maximum Gasteiger partial charge on any atom is 0.130 e.